The van der Waals surface area contributed by atoms with Gasteiger partial charge < -0.3 is 10.6 Å². The Hall–Kier alpha value is -0.610. The van der Waals surface area contributed by atoms with Gasteiger partial charge in [0.15, 0.2) is 0 Å². The lowest BCUT2D eigenvalue weighted by Gasteiger charge is -2.38. The summed E-state index contributed by atoms with van der Waals surface area (Å²) in [7, 11) is 2.16. The van der Waals surface area contributed by atoms with Crippen LogP contribution in [0.4, 0.5) is 5.69 Å². The van der Waals surface area contributed by atoms with Crippen molar-refractivity contribution in [2.45, 2.75) is 38.6 Å². The number of rotatable bonds is 3. The zero-order valence-corrected chi connectivity index (χ0v) is 13.9. The molecule has 0 aliphatic heterocycles. The van der Waals surface area contributed by atoms with Gasteiger partial charge >= 0.3 is 0 Å². The van der Waals surface area contributed by atoms with Gasteiger partial charge in [-0.15, -0.1) is 0 Å². The third-order valence-corrected chi connectivity index (χ3v) is 5.05. The average Bonchev–Trinajstić information content (AvgIpc) is 2.37. The Morgan fingerprint density at radius 3 is 2.68 bits per heavy atom. The minimum Gasteiger partial charge on any atom is -0.389 e. The van der Waals surface area contributed by atoms with Crippen LogP contribution >= 0.6 is 28.1 Å². The Morgan fingerprint density at radius 2 is 2.05 bits per heavy atom. The number of anilines is 1. The molecule has 2 unspecified atom stereocenters. The van der Waals surface area contributed by atoms with Crippen molar-refractivity contribution in [3.8, 4) is 0 Å². The van der Waals surface area contributed by atoms with Crippen LogP contribution in [0.25, 0.3) is 0 Å². The summed E-state index contributed by atoms with van der Waals surface area (Å²) in [6.07, 6.45) is 5.23. The first-order valence-electron chi connectivity index (χ1n) is 6.83. The first-order chi connectivity index (χ1) is 9.02. The van der Waals surface area contributed by atoms with Crippen molar-refractivity contribution in [2.24, 2.45) is 11.7 Å². The molecule has 0 amide bonds. The molecule has 0 aromatic heterocycles. The van der Waals surface area contributed by atoms with E-state index in [1.165, 1.54) is 25.7 Å². The van der Waals surface area contributed by atoms with E-state index >= 15 is 0 Å². The smallest absolute Gasteiger partial charge is 0.107 e. The lowest BCUT2D eigenvalue weighted by molar-refractivity contribution is 0.321. The SMILES string of the molecule is CC1CCCCC1N(C)c1cccc(Br)c1C(N)=S. The molecule has 1 fully saturated rings. The van der Waals surface area contributed by atoms with Crippen LogP contribution in [-0.4, -0.2) is 18.1 Å². The number of benzene rings is 1. The maximum atomic E-state index is 5.89. The predicted octanol–water partition coefficient (Wildman–Crippen LogP) is 4.10. The van der Waals surface area contributed by atoms with Crippen LogP contribution in [0.2, 0.25) is 0 Å². The molecular formula is C15H21BrN2S. The van der Waals surface area contributed by atoms with Crippen LogP contribution in [0, 0.1) is 5.92 Å². The molecule has 1 aliphatic carbocycles. The molecule has 0 radical (unpaired) electrons. The van der Waals surface area contributed by atoms with Crippen LogP contribution < -0.4 is 10.6 Å². The molecule has 2 nitrogen and oxygen atoms in total. The molecule has 4 heteroatoms. The lowest BCUT2D eigenvalue weighted by atomic mass is 9.84. The van der Waals surface area contributed by atoms with Crippen LogP contribution in [0.1, 0.15) is 38.2 Å². The number of thiocarbonyl (C=S) groups is 1. The van der Waals surface area contributed by atoms with Gasteiger partial charge in [-0.25, -0.2) is 0 Å². The fraction of sp³-hybridized carbons (Fsp3) is 0.533. The van der Waals surface area contributed by atoms with E-state index in [4.69, 9.17) is 18.0 Å². The second kappa shape index (κ2) is 6.23. The van der Waals surface area contributed by atoms with Gasteiger partial charge in [-0.2, -0.15) is 0 Å². The molecule has 2 atom stereocenters. The number of halogens is 1. The minimum absolute atomic E-state index is 0.456. The summed E-state index contributed by atoms with van der Waals surface area (Å²) in [5.74, 6) is 0.719. The van der Waals surface area contributed by atoms with Crippen molar-refractivity contribution in [3.05, 3.63) is 28.2 Å². The van der Waals surface area contributed by atoms with Crippen LogP contribution in [-0.2, 0) is 0 Å². The monoisotopic (exact) mass is 340 g/mol. The van der Waals surface area contributed by atoms with Crippen molar-refractivity contribution in [2.75, 3.05) is 11.9 Å². The Kier molecular flexibility index (Phi) is 4.85. The van der Waals surface area contributed by atoms with Crippen molar-refractivity contribution in [3.63, 3.8) is 0 Å². The van der Waals surface area contributed by atoms with E-state index in [0.29, 0.717) is 11.0 Å². The van der Waals surface area contributed by atoms with Gasteiger partial charge in [-0.3, -0.25) is 0 Å². The first kappa shape index (κ1) is 14.8. The summed E-state index contributed by atoms with van der Waals surface area (Å²) in [5, 5.41) is 0. The zero-order valence-electron chi connectivity index (χ0n) is 11.5. The Morgan fingerprint density at radius 1 is 1.37 bits per heavy atom. The Bertz CT molecular complexity index is 475. The predicted molar refractivity (Wildman–Crippen MR) is 89.9 cm³/mol. The molecule has 0 bridgehead atoms. The number of nitrogens with zero attached hydrogens (tertiary/aromatic N) is 1. The van der Waals surface area contributed by atoms with Crippen molar-refractivity contribution >= 4 is 38.8 Å². The molecule has 1 saturated carbocycles. The van der Waals surface area contributed by atoms with Gasteiger partial charge in [0.05, 0.1) is 0 Å². The summed E-state index contributed by atoms with van der Waals surface area (Å²) in [6.45, 7) is 2.35. The maximum absolute atomic E-state index is 5.89. The average molecular weight is 341 g/mol. The summed E-state index contributed by atoms with van der Waals surface area (Å²) in [6, 6.07) is 6.73. The Balaban J connectivity index is 2.35. The van der Waals surface area contributed by atoms with Gasteiger partial charge in [0.25, 0.3) is 0 Å². The highest BCUT2D eigenvalue weighted by Gasteiger charge is 2.27. The molecule has 2 rings (SSSR count). The Labute approximate surface area is 129 Å². The molecule has 1 aromatic rings. The largest absolute Gasteiger partial charge is 0.389 e. The number of nitrogens with two attached hydrogens (primary N) is 1. The lowest BCUT2D eigenvalue weighted by Crippen LogP contribution is -2.40. The summed E-state index contributed by atoms with van der Waals surface area (Å²) in [4.78, 5) is 2.82. The highest BCUT2D eigenvalue weighted by atomic mass is 79.9. The first-order valence-corrected chi connectivity index (χ1v) is 8.03. The van der Waals surface area contributed by atoms with E-state index in [9.17, 15) is 0 Å². The molecule has 104 valence electrons. The molecule has 1 aromatic carbocycles. The van der Waals surface area contributed by atoms with Gasteiger partial charge in [-0.05, 0) is 46.8 Å². The molecule has 1 aliphatic rings. The van der Waals surface area contributed by atoms with Crippen LogP contribution in [0.15, 0.2) is 22.7 Å². The maximum Gasteiger partial charge on any atom is 0.107 e. The number of hydrogen-bond acceptors (Lipinski definition) is 2. The van der Waals surface area contributed by atoms with Crippen molar-refractivity contribution in [1.29, 1.82) is 0 Å². The van der Waals surface area contributed by atoms with Gasteiger partial charge in [-0.1, -0.05) is 38.0 Å². The third kappa shape index (κ3) is 3.11. The molecular weight excluding hydrogens is 320 g/mol. The van der Waals surface area contributed by atoms with E-state index < -0.39 is 0 Å². The van der Waals surface area contributed by atoms with Crippen LogP contribution in [0.3, 0.4) is 0 Å². The molecule has 0 heterocycles. The molecule has 0 saturated heterocycles. The summed E-state index contributed by atoms with van der Waals surface area (Å²) in [5.41, 5.74) is 7.99. The number of hydrogen-bond donors (Lipinski definition) is 1. The fourth-order valence-electron chi connectivity index (χ4n) is 3.10. The topological polar surface area (TPSA) is 29.3 Å². The minimum atomic E-state index is 0.456. The standard InChI is InChI=1S/C15H21BrN2S/c1-10-6-3-4-8-12(10)18(2)13-9-5-7-11(16)14(13)15(17)19/h5,7,9-10,12H,3-4,6,8H2,1-2H3,(H2,17,19). The van der Waals surface area contributed by atoms with Crippen LogP contribution in [0.5, 0.6) is 0 Å². The quantitative estimate of drug-likeness (QED) is 0.840. The normalized spacial score (nSPS) is 23.1. The molecule has 19 heavy (non-hydrogen) atoms. The fourth-order valence-corrected chi connectivity index (χ4v) is 4.02. The summed E-state index contributed by atoms with van der Waals surface area (Å²) < 4.78 is 0.979. The van der Waals surface area contributed by atoms with E-state index in [0.717, 1.165) is 21.6 Å². The van der Waals surface area contributed by atoms with Gasteiger partial charge in [0.2, 0.25) is 0 Å². The van der Waals surface area contributed by atoms with Crippen molar-refractivity contribution in [1.82, 2.24) is 0 Å². The van der Waals surface area contributed by atoms with Gasteiger partial charge in [0, 0.05) is 28.8 Å². The van der Waals surface area contributed by atoms with E-state index in [-0.39, 0.29) is 0 Å². The highest BCUT2D eigenvalue weighted by molar-refractivity contribution is 9.10. The summed E-state index contributed by atoms with van der Waals surface area (Å²) >= 11 is 8.77. The second-order valence-electron chi connectivity index (χ2n) is 5.44. The van der Waals surface area contributed by atoms with Gasteiger partial charge in [0.1, 0.15) is 4.99 Å². The van der Waals surface area contributed by atoms with E-state index in [1.54, 1.807) is 0 Å². The molecule has 2 N–H and O–H groups in total. The van der Waals surface area contributed by atoms with Crippen molar-refractivity contribution < 1.29 is 0 Å². The third-order valence-electron chi connectivity index (χ3n) is 4.18. The molecule has 0 spiro atoms. The van der Waals surface area contributed by atoms with E-state index in [2.05, 4.69) is 40.9 Å². The highest BCUT2D eigenvalue weighted by Crippen LogP contribution is 2.34. The van der Waals surface area contributed by atoms with E-state index in [1.807, 2.05) is 12.1 Å². The second-order valence-corrected chi connectivity index (χ2v) is 6.73. The zero-order chi connectivity index (χ0) is 14.0.